The van der Waals surface area contributed by atoms with Crippen molar-refractivity contribution in [3.05, 3.63) is 41.1 Å². The molecule has 2 amide bonds. The topological polar surface area (TPSA) is 87.3 Å². The Morgan fingerprint density at radius 1 is 1.26 bits per heavy atom. The summed E-state index contributed by atoms with van der Waals surface area (Å²) in [6.45, 7) is 0.693. The first-order chi connectivity index (χ1) is 12.8. The molecule has 4 rings (SSSR count). The lowest BCUT2D eigenvalue weighted by atomic mass is 9.99. The molecule has 1 atom stereocenters. The second-order valence-corrected chi connectivity index (χ2v) is 6.41. The van der Waals surface area contributed by atoms with Gasteiger partial charge in [0.05, 0.1) is 11.3 Å². The zero-order valence-electron chi connectivity index (χ0n) is 14.0. The number of rotatable bonds is 2. The number of amides is 2. The minimum atomic E-state index is -4.40. The Bertz CT molecular complexity index is 892. The molecule has 0 aliphatic carbocycles. The van der Waals surface area contributed by atoms with E-state index in [9.17, 15) is 22.8 Å². The largest absolute Gasteiger partial charge is 0.447 e. The van der Waals surface area contributed by atoms with Gasteiger partial charge in [-0.15, -0.1) is 0 Å². The average molecular weight is 380 g/mol. The van der Waals surface area contributed by atoms with Gasteiger partial charge in [-0.05, 0) is 12.1 Å². The van der Waals surface area contributed by atoms with E-state index in [2.05, 4.69) is 15.5 Å². The third kappa shape index (κ3) is 3.22. The molecule has 10 heteroatoms. The summed E-state index contributed by atoms with van der Waals surface area (Å²) in [5.74, 6) is -0.258. The van der Waals surface area contributed by atoms with Crippen LogP contribution in [0.4, 0.5) is 18.0 Å². The van der Waals surface area contributed by atoms with Crippen LogP contribution in [0.15, 0.2) is 24.3 Å². The lowest BCUT2D eigenvalue weighted by Crippen LogP contribution is -2.47. The van der Waals surface area contributed by atoms with Crippen LogP contribution in [0.1, 0.15) is 16.8 Å². The summed E-state index contributed by atoms with van der Waals surface area (Å²) in [4.78, 5) is 25.3. The van der Waals surface area contributed by atoms with Gasteiger partial charge in [0.1, 0.15) is 12.6 Å². The molecule has 0 radical (unpaired) electrons. The minimum absolute atomic E-state index is 0.0157. The molecule has 1 fully saturated rings. The van der Waals surface area contributed by atoms with Gasteiger partial charge in [0.25, 0.3) is 0 Å². The molecule has 7 nitrogen and oxygen atoms in total. The Balaban J connectivity index is 1.56. The van der Waals surface area contributed by atoms with E-state index in [0.29, 0.717) is 24.2 Å². The number of ether oxygens (including phenoxy) is 1. The van der Waals surface area contributed by atoms with E-state index in [0.717, 1.165) is 23.4 Å². The normalized spacial score (nSPS) is 19.4. The Kier molecular flexibility index (Phi) is 4.05. The molecule has 0 saturated carbocycles. The minimum Gasteiger partial charge on any atom is -0.447 e. The summed E-state index contributed by atoms with van der Waals surface area (Å²) < 4.78 is 43.0. The fourth-order valence-electron chi connectivity index (χ4n) is 3.28. The van der Waals surface area contributed by atoms with E-state index in [1.165, 1.54) is 12.1 Å². The molecule has 2 N–H and O–H groups in total. The van der Waals surface area contributed by atoms with Gasteiger partial charge in [-0.1, -0.05) is 12.1 Å². The van der Waals surface area contributed by atoms with E-state index < -0.39 is 23.9 Å². The van der Waals surface area contributed by atoms with E-state index in [4.69, 9.17) is 4.74 Å². The Morgan fingerprint density at radius 3 is 2.63 bits per heavy atom. The van der Waals surface area contributed by atoms with Crippen LogP contribution in [-0.2, 0) is 28.7 Å². The molecule has 2 aliphatic heterocycles. The SMILES string of the molecule is O=C1N[C@@H](C(=O)N2CCc3[nH]nc(-c4ccc(C(F)(F)F)cc4)c3C2)CO1. The van der Waals surface area contributed by atoms with Crippen molar-refractivity contribution in [2.24, 2.45) is 0 Å². The zero-order chi connectivity index (χ0) is 19.2. The van der Waals surface area contributed by atoms with Crippen LogP contribution in [0, 0.1) is 0 Å². The van der Waals surface area contributed by atoms with E-state index in [1.54, 1.807) is 4.90 Å². The number of aromatic amines is 1. The number of nitrogens with zero attached hydrogens (tertiary/aromatic N) is 2. The highest BCUT2D eigenvalue weighted by Crippen LogP contribution is 2.33. The molecule has 0 unspecified atom stereocenters. The van der Waals surface area contributed by atoms with Gasteiger partial charge in [-0.2, -0.15) is 18.3 Å². The second kappa shape index (κ2) is 6.29. The standard InChI is InChI=1S/C17H15F3N4O3/c18-17(19,20)10-3-1-9(2-4-10)14-11-7-24(6-5-12(11)22-23-14)15(25)13-8-27-16(26)21-13/h1-4,13H,5-8H2,(H,21,26)(H,22,23)/t13-/m1/s1. The summed E-state index contributed by atoms with van der Waals surface area (Å²) >= 11 is 0. The van der Waals surface area contributed by atoms with Crippen molar-refractivity contribution in [1.29, 1.82) is 0 Å². The summed E-state index contributed by atoms with van der Waals surface area (Å²) in [6.07, 6.45) is -4.49. The Morgan fingerprint density at radius 2 is 2.00 bits per heavy atom. The smallest absolute Gasteiger partial charge is 0.416 e. The van der Waals surface area contributed by atoms with Crippen molar-refractivity contribution in [2.45, 2.75) is 25.2 Å². The lowest BCUT2D eigenvalue weighted by Gasteiger charge is -2.28. The maximum absolute atomic E-state index is 12.7. The monoisotopic (exact) mass is 380 g/mol. The fraction of sp³-hybridized carbons (Fsp3) is 0.353. The summed E-state index contributed by atoms with van der Waals surface area (Å²) in [6, 6.07) is 4.03. The number of cyclic esters (lactones) is 1. The molecule has 1 aromatic heterocycles. The van der Waals surface area contributed by atoms with Crippen molar-refractivity contribution in [2.75, 3.05) is 13.2 Å². The van der Waals surface area contributed by atoms with Crippen LogP contribution in [-0.4, -0.2) is 46.3 Å². The summed E-state index contributed by atoms with van der Waals surface area (Å²) in [5, 5.41) is 9.58. The number of aromatic nitrogens is 2. The highest BCUT2D eigenvalue weighted by atomic mass is 19.4. The highest BCUT2D eigenvalue weighted by Gasteiger charge is 2.35. The van der Waals surface area contributed by atoms with E-state index in [1.807, 2.05) is 0 Å². The predicted molar refractivity (Wildman–Crippen MR) is 86.4 cm³/mol. The van der Waals surface area contributed by atoms with Crippen molar-refractivity contribution < 1.29 is 27.5 Å². The lowest BCUT2D eigenvalue weighted by molar-refractivity contribution is -0.137. The predicted octanol–water partition coefficient (Wildman–Crippen LogP) is 2.09. The van der Waals surface area contributed by atoms with Crippen molar-refractivity contribution in [3.8, 4) is 11.3 Å². The van der Waals surface area contributed by atoms with Crippen molar-refractivity contribution in [1.82, 2.24) is 20.4 Å². The molecule has 1 aromatic carbocycles. The molecule has 3 heterocycles. The summed E-state index contributed by atoms with van der Waals surface area (Å²) in [5.41, 5.74) is 1.93. The van der Waals surface area contributed by atoms with Crippen molar-refractivity contribution >= 4 is 12.0 Å². The van der Waals surface area contributed by atoms with Crippen LogP contribution in [0.2, 0.25) is 0 Å². The van der Waals surface area contributed by atoms with Crippen LogP contribution in [0.3, 0.4) is 0 Å². The molecule has 1 saturated heterocycles. The fourth-order valence-corrected chi connectivity index (χ4v) is 3.28. The molecule has 27 heavy (non-hydrogen) atoms. The number of fused-ring (bicyclic) bond motifs is 1. The molecule has 2 aromatic rings. The molecular formula is C17H15F3N4O3. The quantitative estimate of drug-likeness (QED) is 0.835. The summed E-state index contributed by atoms with van der Waals surface area (Å²) in [7, 11) is 0. The van der Waals surface area contributed by atoms with Crippen molar-refractivity contribution in [3.63, 3.8) is 0 Å². The third-order valence-corrected chi connectivity index (χ3v) is 4.70. The van der Waals surface area contributed by atoms with Crippen LogP contribution >= 0.6 is 0 Å². The number of hydrogen-bond donors (Lipinski definition) is 2. The third-order valence-electron chi connectivity index (χ3n) is 4.70. The van der Waals surface area contributed by atoms with Gasteiger partial charge >= 0.3 is 12.3 Å². The average Bonchev–Trinajstić information content (AvgIpc) is 3.26. The number of hydrogen-bond acceptors (Lipinski definition) is 4. The molecule has 0 spiro atoms. The van der Waals surface area contributed by atoms with Crippen LogP contribution in [0.25, 0.3) is 11.3 Å². The van der Waals surface area contributed by atoms with E-state index >= 15 is 0 Å². The van der Waals surface area contributed by atoms with Gasteiger partial charge < -0.3 is 15.0 Å². The first-order valence-corrected chi connectivity index (χ1v) is 8.29. The van der Waals surface area contributed by atoms with Gasteiger partial charge in [0.15, 0.2) is 0 Å². The Labute approximate surface area is 151 Å². The maximum Gasteiger partial charge on any atom is 0.416 e. The number of nitrogens with one attached hydrogen (secondary N) is 2. The first-order valence-electron chi connectivity index (χ1n) is 8.29. The number of carbonyl (C=O) groups is 2. The van der Waals surface area contributed by atoms with Gasteiger partial charge in [-0.3, -0.25) is 9.89 Å². The highest BCUT2D eigenvalue weighted by molar-refractivity contribution is 5.88. The number of carbonyl (C=O) groups excluding carboxylic acids is 2. The molecule has 142 valence electrons. The maximum atomic E-state index is 12.7. The zero-order valence-corrected chi connectivity index (χ0v) is 14.0. The molecule has 2 aliphatic rings. The molecular weight excluding hydrogens is 365 g/mol. The van der Waals surface area contributed by atoms with Crippen LogP contribution < -0.4 is 5.32 Å². The van der Waals surface area contributed by atoms with Gasteiger partial charge in [-0.25, -0.2) is 4.79 Å². The first kappa shape index (κ1) is 17.4. The molecule has 0 bridgehead atoms. The van der Waals surface area contributed by atoms with Crippen LogP contribution in [0.5, 0.6) is 0 Å². The van der Waals surface area contributed by atoms with Gasteiger partial charge in [0, 0.05) is 36.3 Å². The number of H-pyrrole nitrogens is 1. The number of halogens is 3. The number of alkyl carbamates (subject to hydrolysis) is 1. The second-order valence-electron chi connectivity index (χ2n) is 6.41. The number of benzene rings is 1. The number of alkyl halides is 3. The Hall–Kier alpha value is -3.04. The van der Waals surface area contributed by atoms with Gasteiger partial charge in [0.2, 0.25) is 5.91 Å². The van der Waals surface area contributed by atoms with E-state index in [-0.39, 0.29) is 19.1 Å².